The number of aryl methyl sites for hydroxylation is 1. The number of rotatable bonds is 4. The zero-order valence-electron chi connectivity index (χ0n) is 12.1. The summed E-state index contributed by atoms with van der Waals surface area (Å²) in [5.41, 5.74) is 0.668. The molecule has 1 saturated heterocycles. The number of thiocarbonyl (C=S) groups is 1. The lowest BCUT2D eigenvalue weighted by Gasteiger charge is -2.11. The number of amides is 1. The van der Waals surface area contributed by atoms with E-state index in [9.17, 15) is 9.59 Å². The molecule has 1 aromatic heterocycles. The van der Waals surface area contributed by atoms with Crippen LogP contribution in [0.25, 0.3) is 6.08 Å². The van der Waals surface area contributed by atoms with Gasteiger partial charge in [0.15, 0.2) is 5.11 Å². The number of esters is 1. The van der Waals surface area contributed by atoms with Crippen LogP contribution in [0.4, 0.5) is 0 Å². The molecule has 112 valence electrons. The van der Waals surface area contributed by atoms with Crippen molar-refractivity contribution in [2.75, 3.05) is 13.7 Å². The maximum absolute atomic E-state index is 12.2. The molecule has 1 aliphatic rings. The molecule has 1 fully saturated rings. The molecular formula is C14H16N2O4S. The van der Waals surface area contributed by atoms with Crippen LogP contribution in [0.2, 0.25) is 0 Å². The van der Waals surface area contributed by atoms with Crippen molar-refractivity contribution in [2.24, 2.45) is 0 Å². The third kappa shape index (κ3) is 2.97. The third-order valence-corrected chi connectivity index (χ3v) is 3.36. The summed E-state index contributed by atoms with van der Waals surface area (Å²) in [5.74, 6) is 0.155. The Morgan fingerprint density at radius 1 is 1.57 bits per heavy atom. The first-order valence-corrected chi connectivity index (χ1v) is 6.92. The monoisotopic (exact) mass is 308 g/mol. The van der Waals surface area contributed by atoms with Crippen molar-refractivity contribution in [3.63, 3.8) is 0 Å². The van der Waals surface area contributed by atoms with Crippen molar-refractivity contribution in [1.82, 2.24) is 10.2 Å². The number of hydrogen-bond acceptors (Lipinski definition) is 5. The summed E-state index contributed by atoms with van der Waals surface area (Å²) in [5, 5.41) is 3.23. The number of nitrogens with one attached hydrogen (secondary N) is 1. The molecule has 0 radical (unpaired) electrons. The van der Waals surface area contributed by atoms with Gasteiger partial charge in [-0.25, -0.2) is 4.79 Å². The van der Waals surface area contributed by atoms with Gasteiger partial charge < -0.3 is 14.5 Å². The van der Waals surface area contributed by atoms with Crippen LogP contribution in [-0.4, -0.2) is 35.5 Å². The van der Waals surface area contributed by atoms with Crippen LogP contribution in [-0.2, 0) is 9.53 Å². The summed E-state index contributed by atoms with van der Waals surface area (Å²) in [6.07, 6.45) is 2.34. The van der Waals surface area contributed by atoms with E-state index < -0.39 is 5.97 Å². The topological polar surface area (TPSA) is 71.8 Å². The molecule has 0 aliphatic carbocycles. The maximum atomic E-state index is 12.2. The summed E-state index contributed by atoms with van der Waals surface area (Å²) in [6.45, 7) is 4.19. The van der Waals surface area contributed by atoms with Gasteiger partial charge in [0.2, 0.25) is 0 Å². The summed E-state index contributed by atoms with van der Waals surface area (Å²) < 4.78 is 10.1. The Labute approximate surface area is 127 Å². The molecule has 1 aromatic rings. The van der Waals surface area contributed by atoms with Gasteiger partial charge in [0, 0.05) is 12.6 Å². The van der Waals surface area contributed by atoms with E-state index in [1.165, 1.54) is 24.2 Å². The predicted octanol–water partition coefficient (Wildman–Crippen LogP) is 1.84. The largest absolute Gasteiger partial charge is 0.465 e. The predicted molar refractivity (Wildman–Crippen MR) is 80.5 cm³/mol. The zero-order valence-corrected chi connectivity index (χ0v) is 12.9. The van der Waals surface area contributed by atoms with Crippen molar-refractivity contribution in [3.05, 3.63) is 28.8 Å². The van der Waals surface area contributed by atoms with E-state index in [1.807, 2.05) is 6.92 Å². The quantitative estimate of drug-likeness (QED) is 0.520. The lowest BCUT2D eigenvalue weighted by atomic mass is 10.2. The lowest BCUT2D eigenvalue weighted by Crippen LogP contribution is -2.31. The van der Waals surface area contributed by atoms with Gasteiger partial charge in [-0.15, -0.1) is 0 Å². The van der Waals surface area contributed by atoms with Crippen molar-refractivity contribution in [2.45, 2.75) is 20.3 Å². The minimum Gasteiger partial charge on any atom is -0.465 e. The Bertz CT molecular complexity index is 633. The van der Waals surface area contributed by atoms with Crippen molar-refractivity contribution in [3.8, 4) is 0 Å². The molecule has 2 rings (SSSR count). The first-order chi connectivity index (χ1) is 9.97. The Morgan fingerprint density at radius 3 is 2.90 bits per heavy atom. The molecule has 0 bridgehead atoms. The number of hydrogen-bond donors (Lipinski definition) is 1. The Hall–Kier alpha value is -2.15. The molecule has 0 atom stereocenters. The number of carbonyl (C=O) groups excluding carboxylic acids is 2. The van der Waals surface area contributed by atoms with E-state index in [1.54, 1.807) is 6.92 Å². The van der Waals surface area contributed by atoms with E-state index in [0.717, 1.165) is 6.42 Å². The van der Waals surface area contributed by atoms with E-state index in [2.05, 4.69) is 10.1 Å². The van der Waals surface area contributed by atoms with Gasteiger partial charge in [0.05, 0.1) is 7.11 Å². The molecule has 7 heteroatoms. The first kappa shape index (κ1) is 15.2. The summed E-state index contributed by atoms with van der Waals surface area (Å²) in [6, 6.07) is 1.54. The fourth-order valence-electron chi connectivity index (χ4n) is 2.03. The normalized spacial score (nSPS) is 16.5. The van der Waals surface area contributed by atoms with E-state index in [-0.39, 0.29) is 5.91 Å². The molecule has 1 N–H and O–H groups in total. The van der Waals surface area contributed by atoms with Crippen LogP contribution in [0.15, 0.2) is 16.2 Å². The molecule has 1 aliphatic heterocycles. The Kier molecular flexibility index (Phi) is 4.42. The highest BCUT2D eigenvalue weighted by molar-refractivity contribution is 7.80. The molecule has 0 aromatic carbocycles. The average molecular weight is 308 g/mol. The second kappa shape index (κ2) is 6.09. The molecule has 1 amide bonds. The SMILES string of the molecule is CCCN1C(=O)/C(=C\c2cc(C(=O)OC)c(C)o2)NC1=S. The average Bonchev–Trinajstić information content (AvgIpc) is 2.94. The van der Waals surface area contributed by atoms with Crippen LogP contribution < -0.4 is 5.32 Å². The van der Waals surface area contributed by atoms with Gasteiger partial charge in [-0.1, -0.05) is 6.92 Å². The maximum Gasteiger partial charge on any atom is 0.341 e. The summed E-state index contributed by atoms with van der Waals surface area (Å²) in [4.78, 5) is 25.2. The highest BCUT2D eigenvalue weighted by atomic mass is 32.1. The number of nitrogens with zero attached hydrogens (tertiary/aromatic N) is 1. The molecule has 21 heavy (non-hydrogen) atoms. The minimum absolute atomic E-state index is 0.199. The van der Waals surface area contributed by atoms with E-state index in [4.69, 9.17) is 16.6 Å². The molecule has 0 saturated carbocycles. The van der Waals surface area contributed by atoms with Crippen molar-refractivity contribution >= 4 is 35.3 Å². The Balaban J connectivity index is 2.27. The fraction of sp³-hybridized carbons (Fsp3) is 0.357. The smallest absolute Gasteiger partial charge is 0.341 e. The Morgan fingerprint density at radius 2 is 2.29 bits per heavy atom. The van der Waals surface area contributed by atoms with Crippen LogP contribution in [0.1, 0.15) is 35.2 Å². The van der Waals surface area contributed by atoms with E-state index in [0.29, 0.717) is 34.4 Å². The highest BCUT2D eigenvalue weighted by Crippen LogP contribution is 2.20. The van der Waals surface area contributed by atoms with Gasteiger partial charge in [0.1, 0.15) is 22.8 Å². The van der Waals surface area contributed by atoms with E-state index >= 15 is 0 Å². The van der Waals surface area contributed by atoms with Crippen molar-refractivity contribution in [1.29, 1.82) is 0 Å². The second-order valence-corrected chi connectivity index (χ2v) is 4.94. The number of methoxy groups -OCH3 is 1. The summed E-state index contributed by atoms with van der Waals surface area (Å²) >= 11 is 5.12. The minimum atomic E-state index is -0.477. The number of carbonyl (C=O) groups is 2. The highest BCUT2D eigenvalue weighted by Gasteiger charge is 2.30. The van der Waals surface area contributed by atoms with Gasteiger partial charge in [0.25, 0.3) is 5.91 Å². The van der Waals surface area contributed by atoms with Crippen molar-refractivity contribution < 1.29 is 18.7 Å². The lowest BCUT2D eigenvalue weighted by molar-refractivity contribution is -0.122. The number of furan rings is 1. The molecule has 0 spiro atoms. The molecule has 6 nitrogen and oxygen atoms in total. The molecule has 2 heterocycles. The van der Waals surface area contributed by atoms with Gasteiger partial charge in [-0.05, 0) is 31.6 Å². The van der Waals surface area contributed by atoms with Gasteiger partial charge >= 0.3 is 5.97 Å². The van der Waals surface area contributed by atoms with Crippen LogP contribution in [0.3, 0.4) is 0 Å². The van der Waals surface area contributed by atoms with Crippen LogP contribution in [0, 0.1) is 6.92 Å². The zero-order chi connectivity index (χ0) is 15.6. The number of ether oxygens (including phenoxy) is 1. The second-order valence-electron chi connectivity index (χ2n) is 4.56. The van der Waals surface area contributed by atoms with Crippen LogP contribution in [0.5, 0.6) is 0 Å². The van der Waals surface area contributed by atoms with Crippen LogP contribution >= 0.6 is 12.2 Å². The summed E-state index contributed by atoms with van der Waals surface area (Å²) in [7, 11) is 1.30. The van der Waals surface area contributed by atoms with Gasteiger partial charge in [-0.3, -0.25) is 9.69 Å². The molecular weight excluding hydrogens is 292 g/mol. The fourth-order valence-corrected chi connectivity index (χ4v) is 2.31. The molecule has 0 unspecified atom stereocenters. The first-order valence-electron chi connectivity index (χ1n) is 6.51. The standard InChI is InChI=1S/C14H16N2O4S/c1-4-5-16-12(17)11(15-14(16)21)7-9-6-10(8(2)20-9)13(18)19-3/h6-7H,4-5H2,1-3H3,(H,15,21)/b11-7+. The van der Waals surface area contributed by atoms with Gasteiger partial charge in [-0.2, -0.15) is 0 Å². The third-order valence-electron chi connectivity index (χ3n) is 3.04.